The van der Waals surface area contributed by atoms with Crippen molar-refractivity contribution in [2.75, 3.05) is 0 Å². The molecule has 1 aliphatic rings. The fourth-order valence-corrected chi connectivity index (χ4v) is 3.51. The molecule has 0 unspecified atom stereocenters. The molecular weight excluding hydrogens is 380 g/mol. The zero-order valence-corrected chi connectivity index (χ0v) is 14.0. The van der Waals surface area contributed by atoms with Crippen LogP contribution in [0.2, 0.25) is 0 Å². The number of hydrogen-bond donors (Lipinski definition) is 0. The van der Waals surface area contributed by atoms with Crippen LogP contribution >= 0.6 is 31.9 Å². The Morgan fingerprint density at radius 1 is 0.700 bits per heavy atom. The summed E-state index contributed by atoms with van der Waals surface area (Å²) in [7, 11) is 0. The summed E-state index contributed by atoms with van der Waals surface area (Å²) < 4.78 is 2.15. The summed E-state index contributed by atoms with van der Waals surface area (Å²) in [6, 6.07) is 16.7. The van der Waals surface area contributed by atoms with Gasteiger partial charge < -0.3 is 0 Å². The van der Waals surface area contributed by atoms with Gasteiger partial charge in [-0.3, -0.25) is 4.79 Å². The van der Waals surface area contributed by atoms with Gasteiger partial charge in [-0.2, -0.15) is 0 Å². The summed E-state index contributed by atoms with van der Waals surface area (Å²) in [4.78, 5) is 11.9. The molecule has 2 atom stereocenters. The number of hydrogen-bond acceptors (Lipinski definition) is 1. The largest absolute Gasteiger partial charge is 0.300 e. The van der Waals surface area contributed by atoms with Crippen molar-refractivity contribution in [3.05, 3.63) is 68.6 Å². The maximum Gasteiger partial charge on any atom is 0.134 e. The first-order valence-electron chi connectivity index (χ1n) is 6.66. The molecule has 1 aliphatic carbocycles. The maximum atomic E-state index is 11.9. The third kappa shape index (κ3) is 2.89. The van der Waals surface area contributed by atoms with E-state index in [1.165, 1.54) is 11.1 Å². The highest BCUT2D eigenvalue weighted by Gasteiger charge is 2.34. The Hall–Kier alpha value is -0.930. The lowest BCUT2D eigenvalue weighted by atomic mass is 9.84. The van der Waals surface area contributed by atoms with E-state index in [1.54, 1.807) is 0 Å². The van der Waals surface area contributed by atoms with Crippen LogP contribution in [0.5, 0.6) is 0 Å². The van der Waals surface area contributed by atoms with E-state index in [-0.39, 0.29) is 0 Å². The summed E-state index contributed by atoms with van der Waals surface area (Å²) in [6.07, 6.45) is 1.31. The number of Topliss-reactive ketones (excluding diaryl/α,β-unsaturated/α-hetero) is 1. The third-order valence-corrected chi connectivity index (χ3v) is 5.03. The van der Waals surface area contributed by atoms with Gasteiger partial charge in [-0.1, -0.05) is 56.1 Å². The van der Waals surface area contributed by atoms with Gasteiger partial charge in [0.25, 0.3) is 0 Å². The molecule has 0 amide bonds. The van der Waals surface area contributed by atoms with E-state index in [1.807, 2.05) is 0 Å². The average Bonchev–Trinajstić information content (AvgIpc) is 2.82. The van der Waals surface area contributed by atoms with E-state index in [4.69, 9.17) is 0 Å². The lowest BCUT2D eigenvalue weighted by Gasteiger charge is -2.19. The molecule has 0 radical (unpaired) electrons. The van der Waals surface area contributed by atoms with Crippen molar-refractivity contribution in [3.8, 4) is 0 Å². The number of carbonyl (C=O) groups is 1. The van der Waals surface area contributed by atoms with Crippen LogP contribution in [-0.2, 0) is 4.79 Å². The van der Waals surface area contributed by atoms with Gasteiger partial charge in [0.15, 0.2) is 0 Å². The number of halogens is 2. The van der Waals surface area contributed by atoms with E-state index >= 15 is 0 Å². The lowest BCUT2D eigenvalue weighted by Crippen LogP contribution is -2.04. The molecule has 1 nitrogen and oxygen atoms in total. The molecule has 0 aliphatic heterocycles. The Morgan fingerprint density at radius 3 is 1.40 bits per heavy atom. The van der Waals surface area contributed by atoms with Crippen LogP contribution in [0.3, 0.4) is 0 Å². The minimum atomic E-state index is 0.303. The Labute approximate surface area is 135 Å². The van der Waals surface area contributed by atoms with Crippen LogP contribution in [0, 0.1) is 0 Å². The standard InChI is InChI=1S/C17H14Br2O/c18-13-5-1-11(2-6-13)16-9-15(20)10-17(16)12-3-7-14(19)8-4-12/h1-8,16-17H,9-10H2/t16-,17-/m0/s1. The van der Waals surface area contributed by atoms with Crippen LogP contribution in [-0.4, -0.2) is 5.78 Å². The Bertz CT molecular complexity index is 561. The van der Waals surface area contributed by atoms with Crippen LogP contribution in [0.1, 0.15) is 35.8 Å². The van der Waals surface area contributed by atoms with Gasteiger partial charge in [0, 0.05) is 21.8 Å². The monoisotopic (exact) mass is 392 g/mol. The Kier molecular flexibility index (Phi) is 4.08. The van der Waals surface area contributed by atoms with Crippen molar-refractivity contribution in [2.45, 2.75) is 24.7 Å². The van der Waals surface area contributed by atoms with Crippen molar-refractivity contribution in [3.63, 3.8) is 0 Å². The maximum absolute atomic E-state index is 11.9. The van der Waals surface area contributed by atoms with Gasteiger partial charge in [0.05, 0.1) is 0 Å². The lowest BCUT2D eigenvalue weighted by molar-refractivity contribution is -0.117. The fraction of sp³-hybridized carbons (Fsp3) is 0.235. The molecule has 2 aromatic carbocycles. The van der Waals surface area contributed by atoms with Gasteiger partial charge in [0.2, 0.25) is 0 Å². The van der Waals surface area contributed by atoms with E-state index in [9.17, 15) is 4.79 Å². The molecule has 20 heavy (non-hydrogen) atoms. The Balaban J connectivity index is 1.94. The second-order valence-electron chi connectivity index (χ2n) is 5.26. The molecule has 0 aromatic heterocycles. The normalized spacial score (nSPS) is 22.2. The Morgan fingerprint density at radius 2 is 1.05 bits per heavy atom. The van der Waals surface area contributed by atoms with Crippen molar-refractivity contribution in [1.82, 2.24) is 0 Å². The van der Waals surface area contributed by atoms with Gasteiger partial charge >= 0.3 is 0 Å². The molecule has 102 valence electrons. The highest BCUT2D eigenvalue weighted by atomic mass is 79.9. The molecule has 0 bridgehead atoms. The van der Waals surface area contributed by atoms with Crippen molar-refractivity contribution >= 4 is 37.6 Å². The van der Waals surface area contributed by atoms with Crippen LogP contribution in [0.4, 0.5) is 0 Å². The number of carbonyl (C=O) groups excluding carboxylic acids is 1. The first-order valence-corrected chi connectivity index (χ1v) is 8.25. The number of benzene rings is 2. The van der Waals surface area contributed by atoms with Gasteiger partial charge in [-0.25, -0.2) is 0 Å². The average molecular weight is 394 g/mol. The predicted octanol–water partition coefficient (Wildman–Crippen LogP) is 5.44. The molecule has 3 rings (SSSR count). The second kappa shape index (κ2) is 5.82. The molecule has 1 fully saturated rings. The van der Waals surface area contributed by atoms with E-state index in [2.05, 4.69) is 80.4 Å². The first kappa shape index (κ1) is 14.0. The zero-order chi connectivity index (χ0) is 14.1. The number of rotatable bonds is 2. The number of ketones is 1. The fourth-order valence-electron chi connectivity index (χ4n) is 2.98. The van der Waals surface area contributed by atoms with Gasteiger partial charge in [-0.15, -0.1) is 0 Å². The molecule has 0 spiro atoms. The molecule has 2 aromatic rings. The summed E-state index contributed by atoms with van der Waals surface area (Å²) in [5.74, 6) is 0.972. The highest BCUT2D eigenvalue weighted by molar-refractivity contribution is 9.10. The van der Waals surface area contributed by atoms with Crippen LogP contribution in [0.25, 0.3) is 0 Å². The summed E-state index contributed by atoms with van der Waals surface area (Å²) >= 11 is 6.92. The molecule has 1 saturated carbocycles. The summed E-state index contributed by atoms with van der Waals surface area (Å²) in [5.41, 5.74) is 2.51. The van der Waals surface area contributed by atoms with Gasteiger partial charge in [0.1, 0.15) is 5.78 Å². The van der Waals surface area contributed by atoms with Crippen LogP contribution in [0.15, 0.2) is 57.5 Å². The molecule has 3 heteroatoms. The van der Waals surface area contributed by atoms with Crippen molar-refractivity contribution in [1.29, 1.82) is 0 Å². The quantitative estimate of drug-likeness (QED) is 0.663. The zero-order valence-electron chi connectivity index (χ0n) is 10.9. The van der Waals surface area contributed by atoms with Crippen molar-refractivity contribution in [2.24, 2.45) is 0 Å². The topological polar surface area (TPSA) is 17.1 Å². The molecular formula is C17H14Br2O. The molecule has 0 heterocycles. The minimum Gasteiger partial charge on any atom is -0.300 e. The minimum absolute atomic E-state index is 0.303. The van der Waals surface area contributed by atoms with Crippen LogP contribution < -0.4 is 0 Å². The second-order valence-corrected chi connectivity index (χ2v) is 7.09. The smallest absolute Gasteiger partial charge is 0.134 e. The first-order chi connectivity index (χ1) is 9.63. The highest BCUT2D eigenvalue weighted by Crippen LogP contribution is 2.44. The van der Waals surface area contributed by atoms with Gasteiger partial charge in [-0.05, 0) is 47.2 Å². The van der Waals surface area contributed by atoms with E-state index in [0.29, 0.717) is 30.5 Å². The summed E-state index contributed by atoms with van der Waals surface area (Å²) in [6.45, 7) is 0. The van der Waals surface area contributed by atoms with Crippen molar-refractivity contribution < 1.29 is 4.79 Å². The van der Waals surface area contributed by atoms with E-state index in [0.717, 1.165) is 8.95 Å². The SMILES string of the molecule is O=C1C[C@@H](c2ccc(Br)cc2)[C@H](c2ccc(Br)cc2)C1. The summed E-state index contributed by atoms with van der Waals surface area (Å²) in [5, 5.41) is 0. The third-order valence-electron chi connectivity index (χ3n) is 3.98. The molecule has 0 saturated heterocycles. The predicted molar refractivity (Wildman–Crippen MR) is 88.0 cm³/mol. The molecule has 0 N–H and O–H groups in total. The van der Waals surface area contributed by atoms with E-state index < -0.39 is 0 Å².